The van der Waals surface area contributed by atoms with Gasteiger partial charge in [-0.15, -0.1) is 0 Å². The number of aliphatic hydroxyl groups is 1. The molecule has 6 heteroatoms. The van der Waals surface area contributed by atoms with Crippen LogP contribution in [0.5, 0.6) is 5.75 Å². The van der Waals surface area contributed by atoms with Crippen LogP contribution in [0.4, 0.5) is 5.69 Å². The summed E-state index contributed by atoms with van der Waals surface area (Å²) < 4.78 is 15.7. The van der Waals surface area contributed by atoms with E-state index in [1.54, 1.807) is 26.4 Å². The number of nitrogens with two attached hydrogens (primary N) is 1. The maximum Gasteiger partial charge on any atom is 0.121 e. The van der Waals surface area contributed by atoms with E-state index in [0.717, 1.165) is 13.1 Å². The quantitative estimate of drug-likeness (QED) is 0.583. The second-order valence-corrected chi connectivity index (χ2v) is 4.82. The number of anilines is 1. The van der Waals surface area contributed by atoms with Crippen LogP contribution in [0.2, 0.25) is 0 Å². The normalized spacial score (nSPS) is 12.6. The Balaban J connectivity index is 2.36. The van der Waals surface area contributed by atoms with Crippen molar-refractivity contribution in [3.05, 3.63) is 24.3 Å². The van der Waals surface area contributed by atoms with E-state index in [9.17, 15) is 5.11 Å². The van der Waals surface area contributed by atoms with Gasteiger partial charge in [-0.3, -0.25) is 4.90 Å². The van der Waals surface area contributed by atoms with Gasteiger partial charge in [-0.1, -0.05) is 6.07 Å². The first-order valence-electron chi connectivity index (χ1n) is 7.02. The van der Waals surface area contributed by atoms with Gasteiger partial charge in [-0.2, -0.15) is 0 Å². The Hall–Kier alpha value is -1.34. The number of ether oxygens (including phenoxy) is 3. The van der Waals surface area contributed by atoms with Gasteiger partial charge in [-0.05, 0) is 12.1 Å². The molecular weight excluding hydrogens is 272 g/mol. The van der Waals surface area contributed by atoms with E-state index < -0.39 is 6.10 Å². The Morgan fingerprint density at radius 2 is 1.86 bits per heavy atom. The smallest absolute Gasteiger partial charge is 0.121 e. The van der Waals surface area contributed by atoms with E-state index in [2.05, 4.69) is 4.90 Å². The van der Waals surface area contributed by atoms with Gasteiger partial charge in [0.1, 0.15) is 18.5 Å². The predicted octanol–water partition coefficient (Wildman–Crippen LogP) is 0.603. The van der Waals surface area contributed by atoms with Crippen LogP contribution in [0, 0.1) is 0 Å². The van der Waals surface area contributed by atoms with Gasteiger partial charge in [0.25, 0.3) is 0 Å². The second kappa shape index (κ2) is 10.4. The van der Waals surface area contributed by atoms with Gasteiger partial charge in [-0.25, -0.2) is 0 Å². The third-order valence-electron chi connectivity index (χ3n) is 2.99. The molecule has 0 saturated heterocycles. The molecule has 0 spiro atoms. The molecule has 120 valence electrons. The average Bonchev–Trinajstić information content (AvgIpc) is 2.48. The van der Waals surface area contributed by atoms with Crippen molar-refractivity contribution in [2.45, 2.75) is 6.10 Å². The zero-order valence-electron chi connectivity index (χ0n) is 12.8. The van der Waals surface area contributed by atoms with Crippen molar-refractivity contribution in [2.75, 3.05) is 59.4 Å². The van der Waals surface area contributed by atoms with Crippen LogP contribution >= 0.6 is 0 Å². The molecule has 1 unspecified atom stereocenters. The van der Waals surface area contributed by atoms with Gasteiger partial charge < -0.3 is 25.1 Å². The largest absolute Gasteiger partial charge is 0.491 e. The number of hydrogen-bond acceptors (Lipinski definition) is 6. The van der Waals surface area contributed by atoms with E-state index in [0.29, 0.717) is 31.2 Å². The molecule has 1 aromatic carbocycles. The molecule has 0 fully saturated rings. The first-order chi connectivity index (χ1) is 10.2. The fraction of sp³-hybridized carbons (Fsp3) is 0.600. The molecule has 1 aromatic rings. The number of rotatable bonds is 11. The molecule has 0 saturated carbocycles. The van der Waals surface area contributed by atoms with Crippen LogP contribution in [0.25, 0.3) is 0 Å². The molecule has 21 heavy (non-hydrogen) atoms. The minimum atomic E-state index is -0.583. The number of benzene rings is 1. The highest BCUT2D eigenvalue weighted by Gasteiger charge is 2.12. The summed E-state index contributed by atoms with van der Waals surface area (Å²) in [5.41, 5.74) is 6.32. The highest BCUT2D eigenvalue weighted by Crippen LogP contribution is 2.14. The SMILES string of the molecule is COCCN(CCOC)CC(O)COc1cccc(N)c1. The number of nitrogens with zero attached hydrogens (tertiary/aromatic N) is 1. The van der Waals surface area contributed by atoms with Crippen molar-refractivity contribution in [2.24, 2.45) is 0 Å². The van der Waals surface area contributed by atoms with Crippen molar-refractivity contribution < 1.29 is 19.3 Å². The van der Waals surface area contributed by atoms with Crippen molar-refractivity contribution >= 4 is 5.69 Å². The molecule has 0 aromatic heterocycles. The summed E-state index contributed by atoms with van der Waals surface area (Å²) in [5.74, 6) is 0.661. The third kappa shape index (κ3) is 7.87. The number of methoxy groups -OCH3 is 2. The van der Waals surface area contributed by atoms with Gasteiger partial charge in [0.15, 0.2) is 0 Å². The monoisotopic (exact) mass is 298 g/mol. The Kier molecular flexibility index (Phi) is 8.77. The average molecular weight is 298 g/mol. The molecule has 3 N–H and O–H groups in total. The molecule has 0 aliphatic rings. The predicted molar refractivity (Wildman–Crippen MR) is 82.5 cm³/mol. The summed E-state index contributed by atoms with van der Waals surface area (Å²) >= 11 is 0. The molecule has 0 radical (unpaired) electrons. The van der Waals surface area contributed by atoms with Gasteiger partial charge in [0, 0.05) is 45.6 Å². The van der Waals surface area contributed by atoms with Crippen LogP contribution in [0.15, 0.2) is 24.3 Å². The van der Waals surface area contributed by atoms with Crippen LogP contribution in [-0.4, -0.2) is 69.8 Å². The number of nitrogen functional groups attached to an aromatic ring is 1. The Morgan fingerprint density at radius 1 is 1.19 bits per heavy atom. The highest BCUT2D eigenvalue weighted by atomic mass is 16.5. The van der Waals surface area contributed by atoms with Gasteiger partial charge in [0.05, 0.1) is 13.2 Å². The lowest BCUT2D eigenvalue weighted by Crippen LogP contribution is -2.39. The maximum atomic E-state index is 10.1. The van der Waals surface area contributed by atoms with Crippen molar-refractivity contribution in [3.63, 3.8) is 0 Å². The molecule has 0 aliphatic carbocycles. The molecular formula is C15H26N2O4. The Labute approximate surface area is 126 Å². The van der Waals surface area contributed by atoms with E-state index in [1.807, 2.05) is 12.1 Å². The van der Waals surface area contributed by atoms with Crippen molar-refractivity contribution in [1.82, 2.24) is 4.90 Å². The minimum absolute atomic E-state index is 0.222. The molecule has 1 rings (SSSR count). The van der Waals surface area contributed by atoms with Crippen LogP contribution in [0.1, 0.15) is 0 Å². The van der Waals surface area contributed by atoms with Crippen molar-refractivity contribution in [3.8, 4) is 5.75 Å². The highest BCUT2D eigenvalue weighted by molar-refractivity contribution is 5.43. The zero-order chi connectivity index (χ0) is 15.5. The van der Waals surface area contributed by atoms with E-state index in [4.69, 9.17) is 19.9 Å². The van der Waals surface area contributed by atoms with E-state index in [1.165, 1.54) is 0 Å². The fourth-order valence-electron chi connectivity index (χ4n) is 1.88. The fourth-order valence-corrected chi connectivity index (χ4v) is 1.88. The summed E-state index contributed by atoms with van der Waals surface area (Å²) in [6.45, 7) is 3.46. The third-order valence-corrected chi connectivity index (χ3v) is 2.99. The molecule has 0 heterocycles. The minimum Gasteiger partial charge on any atom is -0.491 e. The maximum absolute atomic E-state index is 10.1. The summed E-state index contributed by atoms with van der Waals surface area (Å²) in [4.78, 5) is 2.08. The summed E-state index contributed by atoms with van der Waals surface area (Å²) in [7, 11) is 3.32. The lowest BCUT2D eigenvalue weighted by molar-refractivity contribution is 0.0460. The van der Waals surface area contributed by atoms with Gasteiger partial charge in [0.2, 0.25) is 0 Å². The summed E-state index contributed by atoms with van der Waals surface area (Å²) in [6, 6.07) is 7.16. The van der Waals surface area contributed by atoms with Gasteiger partial charge >= 0.3 is 0 Å². The van der Waals surface area contributed by atoms with E-state index >= 15 is 0 Å². The summed E-state index contributed by atoms with van der Waals surface area (Å²) in [5, 5.41) is 10.1. The Bertz CT molecular complexity index is 382. The molecule has 0 bridgehead atoms. The van der Waals surface area contributed by atoms with Crippen LogP contribution < -0.4 is 10.5 Å². The Morgan fingerprint density at radius 3 is 2.43 bits per heavy atom. The number of aliphatic hydroxyl groups excluding tert-OH is 1. The first kappa shape index (κ1) is 17.7. The van der Waals surface area contributed by atoms with Crippen molar-refractivity contribution in [1.29, 1.82) is 0 Å². The topological polar surface area (TPSA) is 77.2 Å². The first-order valence-corrected chi connectivity index (χ1v) is 7.02. The standard InChI is InChI=1S/C15H26N2O4/c1-19-8-6-17(7-9-20-2)11-14(18)12-21-15-5-3-4-13(16)10-15/h3-5,10,14,18H,6-9,11-12,16H2,1-2H3. The molecule has 0 amide bonds. The lowest BCUT2D eigenvalue weighted by Gasteiger charge is -2.24. The molecule has 0 aliphatic heterocycles. The lowest BCUT2D eigenvalue weighted by atomic mass is 10.3. The van der Waals surface area contributed by atoms with Crippen LogP contribution in [-0.2, 0) is 9.47 Å². The van der Waals surface area contributed by atoms with Crippen LogP contribution in [0.3, 0.4) is 0 Å². The molecule has 6 nitrogen and oxygen atoms in total. The number of hydrogen-bond donors (Lipinski definition) is 2. The second-order valence-electron chi connectivity index (χ2n) is 4.82. The summed E-state index contributed by atoms with van der Waals surface area (Å²) in [6.07, 6.45) is -0.583. The van der Waals surface area contributed by atoms with E-state index in [-0.39, 0.29) is 6.61 Å². The molecule has 1 atom stereocenters. The zero-order valence-corrected chi connectivity index (χ0v) is 12.8.